The first kappa shape index (κ1) is 20.3. The predicted molar refractivity (Wildman–Crippen MR) is 113 cm³/mol. The summed E-state index contributed by atoms with van der Waals surface area (Å²) in [5.41, 5.74) is 5.30. The van der Waals surface area contributed by atoms with Gasteiger partial charge in [-0.05, 0) is 52.9 Å². The van der Waals surface area contributed by atoms with Gasteiger partial charge in [-0.2, -0.15) is 0 Å². The second kappa shape index (κ2) is 7.36. The van der Waals surface area contributed by atoms with Gasteiger partial charge >= 0.3 is 0 Å². The number of aliphatic hydroxyl groups excluding tert-OH is 3. The highest BCUT2D eigenvalue weighted by atomic mass is 79.9. The number of ether oxygens (including phenoxy) is 1. The smallest absolute Gasteiger partial charge is 0.194 e. The Balaban J connectivity index is 1.69. The number of hydrogen-bond acceptors (Lipinski definition) is 5. The number of Topliss-reactive ketones (excluding diaryl/α,β-unsaturated/α-hetero) is 1. The molecule has 0 fully saturated rings. The molecular formula is C23H23BrO5. The fourth-order valence-electron chi connectivity index (χ4n) is 4.24. The van der Waals surface area contributed by atoms with E-state index in [9.17, 15) is 15.0 Å². The van der Waals surface area contributed by atoms with Gasteiger partial charge in [0.25, 0.3) is 0 Å². The molecule has 0 aliphatic heterocycles. The number of allylic oxidation sites excluding steroid dienone is 2. The maximum absolute atomic E-state index is 13.4. The van der Waals surface area contributed by atoms with Gasteiger partial charge < -0.3 is 20.1 Å². The van der Waals surface area contributed by atoms with Crippen LogP contribution in [0.1, 0.15) is 40.9 Å². The Labute approximate surface area is 177 Å². The minimum atomic E-state index is -1.27. The molecule has 29 heavy (non-hydrogen) atoms. The molecule has 152 valence electrons. The van der Waals surface area contributed by atoms with Gasteiger partial charge in [0.05, 0.1) is 6.61 Å². The van der Waals surface area contributed by atoms with Crippen molar-refractivity contribution in [2.45, 2.75) is 37.9 Å². The lowest BCUT2D eigenvalue weighted by Crippen LogP contribution is -2.34. The van der Waals surface area contributed by atoms with Crippen LogP contribution in [0.4, 0.5) is 0 Å². The van der Waals surface area contributed by atoms with Crippen LogP contribution < -0.4 is 4.74 Å². The zero-order chi connectivity index (χ0) is 20.9. The third-order valence-corrected chi connectivity index (χ3v) is 6.44. The number of hydrogen-bond donors (Lipinski definition) is 3. The summed E-state index contributed by atoms with van der Waals surface area (Å²) in [7, 11) is 0. The van der Waals surface area contributed by atoms with E-state index in [-0.39, 0.29) is 17.8 Å². The molecule has 0 aromatic heterocycles. The first-order valence-corrected chi connectivity index (χ1v) is 10.3. The van der Waals surface area contributed by atoms with Gasteiger partial charge in [0.2, 0.25) is 0 Å². The molecule has 0 saturated heterocycles. The van der Waals surface area contributed by atoms with Crippen molar-refractivity contribution in [3.63, 3.8) is 0 Å². The molecular weight excluding hydrogens is 436 g/mol. The third-order valence-electron chi connectivity index (χ3n) is 5.95. The number of aliphatic hydroxyl groups is 3. The molecule has 0 unspecified atom stereocenters. The molecule has 2 aliphatic carbocycles. The SMILES string of the molecule is CC1(C)C2=C(C(=O)c3cc(OC[C@@H](O)[C@H](O)CO)ccc31)c1ccc(Br)cc1C2. The number of ketones is 1. The number of carbonyl (C=O) groups excluding carboxylic acids is 1. The van der Waals surface area contributed by atoms with Gasteiger partial charge in [0.15, 0.2) is 5.78 Å². The zero-order valence-corrected chi connectivity index (χ0v) is 17.9. The quantitative estimate of drug-likeness (QED) is 0.640. The monoisotopic (exact) mass is 458 g/mol. The number of fused-ring (bicyclic) bond motifs is 3. The van der Waals surface area contributed by atoms with E-state index < -0.39 is 18.8 Å². The second-order valence-electron chi connectivity index (χ2n) is 8.12. The van der Waals surface area contributed by atoms with Crippen molar-refractivity contribution in [1.82, 2.24) is 0 Å². The van der Waals surface area contributed by atoms with Crippen molar-refractivity contribution < 1.29 is 24.9 Å². The molecule has 0 saturated carbocycles. The highest BCUT2D eigenvalue weighted by molar-refractivity contribution is 9.10. The largest absolute Gasteiger partial charge is 0.491 e. The van der Waals surface area contributed by atoms with Gasteiger partial charge in [0.1, 0.15) is 24.6 Å². The molecule has 6 heteroatoms. The number of halogens is 1. The normalized spacial score (nSPS) is 18.8. The lowest BCUT2D eigenvalue weighted by atomic mass is 9.68. The van der Waals surface area contributed by atoms with Crippen molar-refractivity contribution in [3.05, 3.63) is 68.7 Å². The maximum atomic E-state index is 13.4. The number of carbonyl (C=O) groups is 1. The fraction of sp³-hybridized carbons (Fsp3) is 0.348. The molecule has 0 amide bonds. The summed E-state index contributed by atoms with van der Waals surface area (Å²) >= 11 is 3.52. The molecule has 2 aromatic carbocycles. The molecule has 3 N–H and O–H groups in total. The molecule has 0 spiro atoms. The van der Waals surface area contributed by atoms with E-state index in [0.29, 0.717) is 11.3 Å². The van der Waals surface area contributed by atoms with Crippen molar-refractivity contribution in [1.29, 1.82) is 0 Å². The summed E-state index contributed by atoms with van der Waals surface area (Å²) in [5, 5.41) is 28.2. The molecule has 5 nitrogen and oxygen atoms in total. The summed E-state index contributed by atoms with van der Waals surface area (Å²) in [4.78, 5) is 13.4. The van der Waals surface area contributed by atoms with Crippen molar-refractivity contribution in [2.75, 3.05) is 13.2 Å². The average molecular weight is 459 g/mol. The second-order valence-corrected chi connectivity index (χ2v) is 9.04. The Morgan fingerprint density at radius 1 is 1.10 bits per heavy atom. The van der Waals surface area contributed by atoms with Crippen molar-refractivity contribution in [3.8, 4) is 5.75 Å². The lowest BCUT2D eigenvalue weighted by Gasteiger charge is -2.34. The van der Waals surface area contributed by atoms with Gasteiger partial charge in [0, 0.05) is 21.0 Å². The summed E-state index contributed by atoms with van der Waals surface area (Å²) in [6.45, 7) is 3.55. The Bertz CT molecular complexity index is 1020. The van der Waals surface area contributed by atoms with Crippen LogP contribution in [0.3, 0.4) is 0 Å². The van der Waals surface area contributed by atoms with Crippen LogP contribution in [0.25, 0.3) is 5.57 Å². The van der Waals surface area contributed by atoms with Gasteiger partial charge in [-0.25, -0.2) is 0 Å². The third kappa shape index (κ3) is 3.34. The van der Waals surface area contributed by atoms with Gasteiger partial charge in [-0.3, -0.25) is 4.79 Å². The molecule has 2 aliphatic rings. The topological polar surface area (TPSA) is 87.0 Å². The zero-order valence-electron chi connectivity index (χ0n) is 16.3. The molecule has 0 radical (unpaired) electrons. The summed E-state index contributed by atoms with van der Waals surface area (Å²) in [6.07, 6.45) is -1.72. The lowest BCUT2D eigenvalue weighted by molar-refractivity contribution is -0.0339. The van der Waals surface area contributed by atoms with E-state index in [1.54, 1.807) is 12.1 Å². The van der Waals surface area contributed by atoms with E-state index in [2.05, 4.69) is 35.8 Å². The van der Waals surface area contributed by atoms with E-state index in [1.807, 2.05) is 18.2 Å². The Morgan fingerprint density at radius 2 is 1.86 bits per heavy atom. The summed E-state index contributed by atoms with van der Waals surface area (Å²) in [5.74, 6) is 0.423. The standard InChI is InChI=1S/C23H23BrO5/c1-23(2)17-6-4-14(29-11-20(27)19(26)10-25)9-16(17)22(28)21-15-5-3-13(24)7-12(15)8-18(21)23/h3-7,9,19-20,25-27H,8,10-11H2,1-2H3/t19-,20-/m1/s1. The molecule has 0 heterocycles. The minimum absolute atomic E-state index is 0.0169. The van der Waals surface area contributed by atoms with Crippen LogP contribution >= 0.6 is 15.9 Å². The van der Waals surface area contributed by atoms with Crippen LogP contribution in [0, 0.1) is 0 Å². The summed E-state index contributed by atoms with van der Waals surface area (Å²) in [6, 6.07) is 11.4. The van der Waals surface area contributed by atoms with Crippen molar-refractivity contribution in [2.24, 2.45) is 0 Å². The van der Waals surface area contributed by atoms with E-state index in [4.69, 9.17) is 9.84 Å². The predicted octanol–water partition coefficient (Wildman–Crippen LogP) is 3.03. The maximum Gasteiger partial charge on any atom is 0.194 e. The van der Waals surface area contributed by atoms with E-state index in [1.165, 1.54) is 0 Å². The Morgan fingerprint density at radius 3 is 2.59 bits per heavy atom. The minimum Gasteiger partial charge on any atom is -0.491 e. The average Bonchev–Trinajstić information content (AvgIpc) is 3.09. The van der Waals surface area contributed by atoms with E-state index in [0.717, 1.165) is 38.7 Å². The highest BCUT2D eigenvalue weighted by Gasteiger charge is 2.42. The number of rotatable bonds is 5. The van der Waals surface area contributed by atoms with E-state index >= 15 is 0 Å². The molecule has 4 rings (SSSR count). The molecule has 2 aromatic rings. The first-order chi connectivity index (χ1) is 13.7. The van der Waals surface area contributed by atoms with Crippen molar-refractivity contribution >= 4 is 27.3 Å². The highest BCUT2D eigenvalue weighted by Crippen LogP contribution is 2.50. The number of benzene rings is 2. The summed E-state index contributed by atoms with van der Waals surface area (Å²) < 4.78 is 6.57. The van der Waals surface area contributed by atoms with Crippen LogP contribution in [0.5, 0.6) is 5.75 Å². The van der Waals surface area contributed by atoms with Gasteiger partial charge in [-0.15, -0.1) is 0 Å². The fourth-order valence-corrected chi connectivity index (χ4v) is 4.65. The Hall–Kier alpha value is -1.99. The Kier molecular flexibility index (Phi) is 5.15. The van der Waals surface area contributed by atoms with Gasteiger partial charge in [-0.1, -0.05) is 41.9 Å². The van der Waals surface area contributed by atoms with Crippen LogP contribution in [-0.2, 0) is 11.8 Å². The molecule has 0 bridgehead atoms. The van der Waals surface area contributed by atoms with Crippen LogP contribution in [-0.4, -0.2) is 46.5 Å². The molecule has 2 atom stereocenters. The van der Waals surface area contributed by atoms with Crippen LogP contribution in [0.2, 0.25) is 0 Å². The van der Waals surface area contributed by atoms with Crippen LogP contribution in [0.15, 0.2) is 46.4 Å². The first-order valence-electron chi connectivity index (χ1n) is 9.55.